The molecule has 0 saturated heterocycles. The average Bonchev–Trinajstić information content (AvgIpc) is 2.75. The topological polar surface area (TPSA) is 145 Å². The van der Waals surface area contributed by atoms with E-state index in [1.165, 1.54) is 0 Å². The Labute approximate surface area is 199 Å². The summed E-state index contributed by atoms with van der Waals surface area (Å²) in [6.07, 6.45) is 0.103. The first-order valence-electron chi connectivity index (χ1n) is 9.50. The van der Waals surface area contributed by atoms with Crippen LogP contribution in [0.4, 0.5) is 0 Å². The summed E-state index contributed by atoms with van der Waals surface area (Å²) in [5.41, 5.74) is -2.88. The maximum Gasteiger partial charge on any atom is 0.336 e. The van der Waals surface area contributed by atoms with Crippen LogP contribution in [0.15, 0.2) is 14.4 Å². The Morgan fingerprint density at radius 2 is 0.906 bits per heavy atom. The van der Waals surface area contributed by atoms with Crippen molar-refractivity contribution in [2.24, 2.45) is 0 Å². The molecule has 32 heavy (non-hydrogen) atoms. The first kappa shape index (κ1) is 27.9. The molecule has 15 heteroatoms. The van der Waals surface area contributed by atoms with Gasteiger partial charge in [-0.2, -0.15) is 37.9 Å². The van der Waals surface area contributed by atoms with Crippen molar-refractivity contribution in [1.29, 1.82) is 0 Å². The standard InChI is InChI=1S/C17H25N3O9S3/c21-12(1-9-30)27-6-3-18-15(24)19(4-7-28-13(22)2-10-31)17(26)20(16(18)25)5-8-29-14(23)11-32/h30-32H,1-11H2. The molecule has 1 aromatic rings. The van der Waals surface area contributed by atoms with Crippen LogP contribution in [0.2, 0.25) is 0 Å². The van der Waals surface area contributed by atoms with Crippen molar-refractivity contribution >= 4 is 55.8 Å². The molecule has 0 bridgehead atoms. The second kappa shape index (κ2) is 14.8. The highest BCUT2D eigenvalue weighted by Crippen LogP contribution is 1.91. The van der Waals surface area contributed by atoms with E-state index in [0.29, 0.717) is 13.7 Å². The van der Waals surface area contributed by atoms with Gasteiger partial charge >= 0.3 is 35.0 Å². The van der Waals surface area contributed by atoms with Crippen LogP contribution in [0.5, 0.6) is 0 Å². The molecule has 0 N–H and O–H groups in total. The third kappa shape index (κ3) is 8.78. The molecule has 180 valence electrons. The number of carbonyl (C=O) groups is 3. The molecule has 0 radical (unpaired) electrons. The SMILES string of the molecule is O=C(CS)OCCn1c(=O)n(CCOC(=O)CCS)c(=O)n(CCOC(=O)CCS)c1=O. The van der Waals surface area contributed by atoms with Crippen LogP contribution in [0.3, 0.4) is 0 Å². The molecule has 1 aromatic heterocycles. The second-order valence-corrected chi connectivity index (χ2v) is 7.28. The Kier molecular flexibility index (Phi) is 12.9. The van der Waals surface area contributed by atoms with E-state index < -0.39 is 35.0 Å². The summed E-state index contributed by atoms with van der Waals surface area (Å²) < 4.78 is 16.8. The van der Waals surface area contributed by atoms with E-state index in [0.717, 1.165) is 0 Å². The molecule has 0 fully saturated rings. The maximum atomic E-state index is 12.7. The van der Waals surface area contributed by atoms with Gasteiger partial charge in [-0.1, -0.05) is 0 Å². The summed E-state index contributed by atoms with van der Waals surface area (Å²) in [6.45, 7) is -1.83. The van der Waals surface area contributed by atoms with E-state index in [4.69, 9.17) is 14.2 Å². The Bertz CT molecular complexity index is 908. The van der Waals surface area contributed by atoms with E-state index in [9.17, 15) is 28.8 Å². The van der Waals surface area contributed by atoms with Gasteiger partial charge in [0.1, 0.15) is 19.8 Å². The van der Waals surface area contributed by atoms with Crippen LogP contribution in [0.1, 0.15) is 12.8 Å². The first-order chi connectivity index (χ1) is 15.3. The minimum Gasteiger partial charge on any atom is -0.464 e. The van der Waals surface area contributed by atoms with Crippen LogP contribution < -0.4 is 17.1 Å². The molecule has 1 heterocycles. The fourth-order valence-electron chi connectivity index (χ4n) is 2.38. The third-order valence-electron chi connectivity index (χ3n) is 3.88. The van der Waals surface area contributed by atoms with E-state index in [1.807, 2.05) is 0 Å². The first-order valence-corrected chi connectivity index (χ1v) is 11.4. The predicted octanol–water partition coefficient (Wildman–Crippen LogP) is -1.63. The molecule has 1 rings (SSSR count). The molecule has 12 nitrogen and oxygen atoms in total. The lowest BCUT2D eigenvalue weighted by Crippen LogP contribution is -2.55. The number of ether oxygens (including phenoxy) is 3. The number of hydrogen-bond acceptors (Lipinski definition) is 12. The van der Waals surface area contributed by atoms with E-state index in [2.05, 4.69) is 37.9 Å². The fraction of sp³-hybridized carbons (Fsp3) is 0.647. The number of aromatic nitrogens is 3. The lowest BCUT2D eigenvalue weighted by Gasteiger charge is -2.14. The van der Waals surface area contributed by atoms with Gasteiger partial charge in [-0.3, -0.25) is 14.4 Å². The zero-order valence-electron chi connectivity index (χ0n) is 17.1. The summed E-state index contributed by atoms with van der Waals surface area (Å²) in [4.78, 5) is 72.3. The average molecular weight is 512 g/mol. The van der Waals surface area contributed by atoms with Gasteiger partial charge < -0.3 is 14.2 Å². The Balaban J connectivity index is 3.15. The number of esters is 3. The summed E-state index contributed by atoms with van der Waals surface area (Å²) in [6, 6.07) is 0. The monoisotopic (exact) mass is 511 g/mol. The minimum absolute atomic E-state index is 0.0515. The zero-order valence-corrected chi connectivity index (χ0v) is 19.8. The van der Waals surface area contributed by atoms with Gasteiger partial charge in [0.05, 0.1) is 38.2 Å². The number of thiol groups is 3. The van der Waals surface area contributed by atoms with E-state index in [-0.39, 0.29) is 69.6 Å². The van der Waals surface area contributed by atoms with Gasteiger partial charge in [0.15, 0.2) is 0 Å². The van der Waals surface area contributed by atoms with Crippen molar-refractivity contribution in [1.82, 2.24) is 13.7 Å². The molecule has 0 aliphatic rings. The van der Waals surface area contributed by atoms with Crippen molar-refractivity contribution in [3.05, 3.63) is 31.5 Å². The third-order valence-corrected chi connectivity index (χ3v) is 4.59. The lowest BCUT2D eigenvalue weighted by atomic mass is 10.5. The highest BCUT2D eigenvalue weighted by Gasteiger charge is 2.17. The smallest absolute Gasteiger partial charge is 0.336 e. The van der Waals surface area contributed by atoms with Gasteiger partial charge in [-0.25, -0.2) is 28.1 Å². The summed E-state index contributed by atoms with van der Waals surface area (Å²) in [5.74, 6) is -1.41. The maximum absolute atomic E-state index is 12.7. The molecular formula is C17H25N3O9S3. The largest absolute Gasteiger partial charge is 0.464 e. The van der Waals surface area contributed by atoms with Crippen LogP contribution in [0.25, 0.3) is 0 Å². The Morgan fingerprint density at radius 1 is 0.594 bits per heavy atom. The highest BCUT2D eigenvalue weighted by atomic mass is 32.1. The van der Waals surface area contributed by atoms with Gasteiger partial charge in [-0.15, -0.1) is 0 Å². The van der Waals surface area contributed by atoms with Crippen molar-refractivity contribution in [2.45, 2.75) is 32.5 Å². The van der Waals surface area contributed by atoms with E-state index >= 15 is 0 Å². The van der Waals surface area contributed by atoms with Gasteiger partial charge in [-0.05, 0) is 0 Å². The molecule has 0 aliphatic heterocycles. The molecule has 0 spiro atoms. The molecular weight excluding hydrogens is 486 g/mol. The molecule has 0 aromatic carbocycles. The Hall–Kier alpha value is -2.13. The van der Waals surface area contributed by atoms with Crippen LogP contribution in [0, 0.1) is 0 Å². The highest BCUT2D eigenvalue weighted by molar-refractivity contribution is 7.81. The zero-order chi connectivity index (χ0) is 24.1. The second-order valence-electron chi connectivity index (χ2n) is 6.07. The van der Waals surface area contributed by atoms with Gasteiger partial charge in [0.2, 0.25) is 0 Å². The Morgan fingerprint density at radius 3 is 1.19 bits per heavy atom. The van der Waals surface area contributed by atoms with Gasteiger partial charge in [0.25, 0.3) is 0 Å². The molecule has 0 saturated carbocycles. The minimum atomic E-state index is -0.963. The number of carbonyl (C=O) groups excluding carboxylic acids is 3. The molecule has 0 amide bonds. The van der Waals surface area contributed by atoms with Crippen molar-refractivity contribution in [2.75, 3.05) is 37.1 Å². The normalized spacial score (nSPS) is 10.6. The van der Waals surface area contributed by atoms with Crippen LogP contribution in [-0.4, -0.2) is 68.7 Å². The lowest BCUT2D eigenvalue weighted by molar-refractivity contribution is -0.144. The molecule has 0 atom stereocenters. The number of hydrogen-bond donors (Lipinski definition) is 3. The van der Waals surface area contributed by atoms with Crippen LogP contribution >= 0.6 is 37.9 Å². The quantitative estimate of drug-likeness (QED) is 0.152. The van der Waals surface area contributed by atoms with Crippen LogP contribution in [-0.2, 0) is 48.2 Å². The number of rotatable bonds is 14. The fourth-order valence-corrected chi connectivity index (χ4v) is 2.84. The van der Waals surface area contributed by atoms with Crippen molar-refractivity contribution in [3.63, 3.8) is 0 Å². The van der Waals surface area contributed by atoms with Gasteiger partial charge in [0, 0.05) is 11.5 Å². The molecule has 0 unspecified atom stereocenters. The summed E-state index contributed by atoms with van der Waals surface area (Å²) in [7, 11) is 0. The van der Waals surface area contributed by atoms with E-state index in [1.54, 1.807) is 0 Å². The van der Waals surface area contributed by atoms with Crippen molar-refractivity contribution < 1.29 is 28.6 Å². The van der Waals surface area contributed by atoms with Crippen molar-refractivity contribution in [3.8, 4) is 0 Å². The number of nitrogens with zero attached hydrogens (tertiary/aromatic N) is 3. The summed E-state index contributed by atoms with van der Waals surface area (Å²) in [5, 5.41) is 0. The summed E-state index contributed by atoms with van der Waals surface area (Å²) >= 11 is 11.6. The molecule has 0 aliphatic carbocycles. The predicted molar refractivity (Wildman–Crippen MR) is 123 cm³/mol.